The second kappa shape index (κ2) is 7.65. The van der Waals surface area contributed by atoms with E-state index in [4.69, 9.17) is 0 Å². The normalized spacial score (nSPS) is 13.2. The summed E-state index contributed by atoms with van der Waals surface area (Å²) < 4.78 is 27.1. The summed E-state index contributed by atoms with van der Waals surface area (Å²) in [4.78, 5) is 29.6. The Hall–Kier alpha value is -3.91. The molecule has 0 spiro atoms. The maximum Gasteiger partial charge on any atom is 0.340 e. The number of imidazole rings is 1. The van der Waals surface area contributed by atoms with E-state index in [2.05, 4.69) is 4.98 Å². The number of rotatable bonds is 4. The Morgan fingerprint density at radius 2 is 1.59 bits per heavy atom. The maximum atomic E-state index is 13.2. The van der Waals surface area contributed by atoms with Crippen LogP contribution in [0.2, 0.25) is 0 Å². The fourth-order valence-electron chi connectivity index (χ4n) is 3.92. The first-order valence-corrected chi connectivity index (χ1v) is 11.5. The second-order valence-electron chi connectivity index (χ2n) is 7.50. The van der Waals surface area contributed by atoms with Crippen LogP contribution in [0.4, 0.5) is 5.69 Å². The van der Waals surface area contributed by atoms with Crippen LogP contribution in [-0.2, 0) is 16.4 Å². The monoisotopic (exact) mass is 445 g/mol. The molecule has 2 heterocycles. The maximum absolute atomic E-state index is 13.2. The van der Waals surface area contributed by atoms with Gasteiger partial charge in [-0.25, -0.2) is 13.2 Å². The first-order valence-electron chi connectivity index (χ1n) is 10.1. The number of carbonyl (C=O) groups is 1. The highest BCUT2D eigenvalue weighted by Gasteiger charge is 2.28. The van der Waals surface area contributed by atoms with Gasteiger partial charge in [0.1, 0.15) is 0 Å². The molecule has 3 aromatic carbocycles. The molecule has 0 radical (unpaired) electrons. The van der Waals surface area contributed by atoms with E-state index in [1.165, 1.54) is 12.3 Å². The summed E-state index contributed by atoms with van der Waals surface area (Å²) in [7, 11) is -4.10. The lowest BCUT2D eigenvalue weighted by Crippen LogP contribution is -2.28. The molecule has 8 heteroatoms. The Morgan fingerprint density at radius 3 is 2.31 bits per heavy atom. The van der Waals surface area contributed by atoms with E-state index in [0.717, 1.165) is 9.54 Å². The first-order chi connectivity index (χ1) is 15.4. The van der Waals surface area contributed by atoms with Crippen LogP contribution in [0.5, 0.6) is 0 Å². The van der Waals surface area contributed by atoms with E-state index < -0.39 is 15.7 Å². The third-order valence-electron chi connectivity index (χ3n) is 5.54. The number of anilines is 1. The SMILES string of the molecule is O=C(c1ccccc1)N1CCc2cc(S(=O)(=O)n3cc(-c4ccccc4)[nH]c3=O)ccc21. The quantitative estimate of drug-likeness (QED) is 0.522. The predicted molar refractivity (Wildman–Crippen MR) is 121 cm³/mol. The average molecular weight is 446 g/mol. The molecule has 1 aliphatic heterocycles. The molecule has 0 unspecified atom stereocenters. The largest absolute Gasteiger partial charge is 0.340 e. The number of aromatic amines is 1. The van der Waals surface area contributed by atoms with Crippen molar-refractivity contribution >= 4 is 21.6 Å². The van der Waals surface area contributed by atoms with Crippen molar-refractivity contribution in [3.63, 3.8) is 0 Å². The molecule has 1 N–H and O–H groups in total. The summed E-state index contributed by atoms with van der Waals surface area (Å²) in [5.74, 6) is -0.130. The lowest BCUT2D eigenvalue weighted by atomic mass is 10.1. The zero-order valence-electron chi connectivity index (χ0n) is 16.9. The Morgan fingerprint density at radius 1 is 0.906 bits per heavy atom. The minimum atomic E-state index is -4.10. The third kappa shape index (κ3) is 3.34. The molecule has 32 heavy (non-hydrogen) atoms. The van der Waals surface area contributed by atoms with E-state index in [1.54, 1.807) is 53.4 Å². The van der Waals surface area contributed by atoms with Gasteiger partial charge in [0.2, 0.25) is 0 Å². The highest BCUT2D eigenvalue weighted by atomic mass is 32.2. The van der Waals surface area contributed by atoms with E-state index in [-0.39, 0.29) is 10.8 Å². The lowest BCUT2D eigenvalue weighted by Gasteiger charge is -2.17. The molecular weight excluding hydrogens is 426 g/mol. The van der Waals surface area contributed by atoms with Crippen molar-refractivity contribution in [2.24, 2.45) is 0 Å². The number of fused-ring (bicyclic) bond motifs is 1. The summed E-state index contributed by atoms with van der Waals surface area (Å²) in [5.41, 5.74) is 2.41. The molecule has 0 aliphatic carbocycles. The molecule has 0 atom stereocenters. The number of amides is 1. The lowest BCUT2D eigenvalue weighted by molar-refractivity contribution is 0.0989. The molecular formula is C24H19N3O4S. The Labute approximate surface area is 184 Å². The van der Waals surface area contributed by atoms with Crippen LogP contribution < -0.4 is 10.6 Å². The smallest absolute Gasteiger partial charge is 0.308 e. The molecule has 1 amide bonds. The van der Waals surface area contributed by atoms with Gasteiger partial charge in [-0.15, -0.1) is 0 Å². The van der Waals surface area contributed by atoms with E-state index in [9.17, 15) is 18.0 Å². The van der Waals surface area contributed by atoms with Gasteiger partial charge in [0.05, 0.1) is 16.8 Å². The van der Waals surface area contributed by atoms with Gasteiger partial charge in [0, 0.05) is 17.8 Å². The van der Waals surface area contributed by atoms with Crippen molar-refractivity contribution in [2.75, 3.05) is 11.4 Å². The van der Waals surface area contributed by atoms with Crippen LogP contribution in [0, 0.1) is 0 Å². The Kier molecular flexibility index (Phi) is 4.79. The number of hydrogen-bond acceptors (Lipinski definition) is 4. The number of nitrogens with zero attached hydrogens (tertiary/aromatic N) is 2. The van der Waals surface area contributed by atoms with Gasteiger partial charge in [-0.2, -0.15) is 3.97 Å². The fraction of sp³-hybridized carbons (Fsp3) is 0.0833. The van der Waals surface area contributed by atoms with Crippen molar-refractivity contribution in [2.45, 2.75) is 11.3 Å². The van der Waals surface area contributed by atoms with E-state index in [1.807, 2.05) is 24.3 Å². The van der Waals surface area contributed by atoms with Crippen molar-refractivity contribution in [1.82, 2.24) is 8.96 Å². The number of carbonyl (C=O) groups excluding carboxylic acids is 1. The van der Waals surface area contributed by atoms with Crippen molar-refractivity contribution in [3.8, 4) is 11.3 Å². The summed E-state index contributed by atoms with van der Waals surface area (Å²) in [6.07, 6.45) is 1.83. The Balaban J connectivity index is 1.49. The number of H-pyrrole nitrogens is 1. The van der Waals surface area contributed by atoms with Gasteiger partial charge in [0.15, 0.2) is 0 Å². The summed E-state index contributed by atoms with van der Waals surface area (Å²) >= 11 is 0. The highest BCUT2D eigenvalue weighted by Crippen LogP contribution is 2.32. The van der Waals surface area contributed by atoms with Crippen molar-refractivity contribution in [3.05, 3.63) is 107 Å². The van der Waals surface area contributed by atoms with Crippen LogP contribution in [-0.4, -0.2) is 29.8 Å². The van der Waals surface area contributed by atoms with Crippen molar-refractivity contribution < 1.29 is 13.2 Å². The second-order valence-corrected chi connectivity index (χ2v) is 9.32. The zero-order valence-corrected chi connectivity index (χ0v) is 17.7. The molecule has 160 valence electrons. The minimum absolute atomic E-state index is 0.00553. The molecule has 1 aromatic heterocycles. The minimum Gasteiger partial charge on any atom is -0.308 e. The summed E-state index contributed by atoms with van der Waals surface area (Å²) in [5, 5.41) is 0. The molecule has 5 rings (SSSR count). The molecule has 0 fully saturated rings. The van der Waals surface area contributed by atoms with Crippen LogP contribution in [0.25, 0.3) is 11.3 Å². The van der Waals surface area contributed by atoms with Gasteiger partial charge >= 0.3 is 5.69 Å². The molecule has 0 bridgehead atoms. The van der Waals surface area contributed by atoms with Gasteiger partial charge in [0.25, 0.3) is 15.9 Å². The van der Waals surface area contributed by atoms with Gasteiger partial charge < -0.3 is 9.88 Å². The van der Waals surface area contributed by atoms with Crippen LogP contribution >= 0.6 is 0 Å². The van der Waals surface area contributed by atoms with Gasteiger partial charge in [-0.1, -0.05) is 48.5 Å². The van der Waals surface area contributed by atoms with E-state index >= 15 is 0 Å². The summed E-state index contributed by atoms with van der Waals surface area (Å²) in [6.45, 7) is 0.467. The van der Waals surface area contributed by atoms with Crippen LogP contribution in [0.1, 0.15) is 15.9 Å². The summed E-state index contributed by atoms with van der Waals surface area (Å²) in [6, 6.07) is 22.6. The predicted octanol–water partition coefficient (Wildman–Crippen LogP) is 3.28. The molecule has 0 saturated heterocycles. The van der Waals surface area contributed by atoms with Gasteiger partial charge in [-0.3, -0.25) is 4.79 Å². The molecule has 4 aromatic rings. The van der Waals surface area contributed by atoms with E-state index in [0.29, 0.717) is 35.5 Å². The number of aromatic nitrogens is 2. The number of hydrogen-bond donors (Lipinski definition) is 1. The van der Waals surface area contributed by atoms with Crippen molar-refractivity contribution in [1.29, 1.82) is 0 Å². The average Bonchev–Trinajstić information content (AvgIpc) is 3.43. The molecule has 1 aliphatic rings. The first kappa shape index (κ1) is 20.0. The number of nitrogens with one attached hydrogen (secondary N) is 1. The van der Waals surface area contributed by atoms with Gasteiger partial charge in [-0.05, 0) is 47.9 Å². The highest BCUT2D eigenvalue weighted by molar-refractivity contribution is 7.90. The zero-order chi connectivity index (χ0) is 22.3. The third-order valence-corrected chi connectivity index (χ3v) is 7.18. The molecule has 0 saturated carbocycles. The number of benzene rings is 3. The van der Waals surface area contributed by atoms with Crippen LogP contribution in [0.3, 0.4) is 0 Å². The molecule has 7 nitrogen and oxygen atoms in total. The standard InChI is InChI=1S/C24H19N3O4S/c28-23(18-9-5-2-6-10-18)26-14-13-19-15-20(11-12-22(19)26)32(30,31)27-16-21(25-24(27)29)17-7-3-1-4-8-17/h1-12,15-16H,13-14H2,(H,25,29). The topological polar surface area (TPSA) is 92.2 Å². The fourth-order valence-corrected chi connectivity index (χ4v) is 5.19. The Bertz CT molecular complexity index is 1470. The van der Waals surface area contributed by atoms with Crippen LogP contribution in [0.15, 0.2) is 94.7 Å².